The van der Waals surface area contributed by atoms with Crippen LogP contribution in [0.25, 0.3) is 12.2 Å². The minimum atomic E-state index is -0.636. The molecule has 0 aliphatic carbocycles. The van der Waals surface area contributed by atoms with Gasteiger partial charge >= 0.3 is 5.97 Å². The number of carbonyl (C=O) groups is 1. The maximum absolute atomic E-state index is 13.4. The first-order valence-corrected chi connectivity index (χ1v) is 11.4. The average molecular weight is 465 g/mol. The van der Waals surface area contributed by atoms with E-state index >= 15 is 0 Å². The van der Waals surface area contributed by atoms with E-state index in [0.717, 1.165) is 11.1 Å². The highest BCUT2D eigenvalue weighted by Crippen LogP contribution is 2.31. The molecule has 2 heterocycles. The van der Waals surface area contributed by atoms with Gasteiger partial charge in [-0.25, -0.2) is 9.79 Å². The van der Waals surface area contributed by atoms with Gasteiger partial charge in [0.05, 0.1) is 28.5 Å². The fraction of sp³-hybridized carbons (Fsp3) is 0.160. The van der Waals surface area contributed by atoms with Crippen LogP contribution in [0, 0.1) is 0 Å². The van der Waals surface area contributed by atoms with Gasteiger partial charge in [-0.1, -0.05) is 77.6 Å². The third kappa shape index (κ3) is 4.38. The molecule has 32 heavy (non-hydrogen) atoms. The van der Waals surface area contributed by atoms with Crippen molar-refractivity contribution in [3.8, 4) is 0 Å². The zero-order valence-corrected chi connectivity index (χ0v) is 19.2. The van der Waals surface area contributed by atoms with Crippen LogP contribution >= 0.6 is 22.9 Å². The Hall–Kier alpha value is -3.22. The second-order valence-electron chi connectivity index (χ2n) is 7.15. The molecule has 1 atom stereocenters. The monoisotopic (exact) mass is 464 g/mol. The lowest BCUT2D eigenvalue weighted by Gasteiger charge is -2.24. The molecule has 162 valence electrons. The highest BCUT2D eigenvalue weighted by molar-refractivity contribution is 7.07. The number of aromatic nitrogens is 1. The van der Waals surface area contributed by atoms with E-state index in [1.54, 1.807) is 36.6 Å². The van der Waals surface area contributed by atoms with E-state index in [1.165, 1.54) is 11.3 Å². The van der Waals surface area contributed by atoms with Gasteiger partial charge in [-0.05, 0) is 43.2 Å². The van der Waals surface area contributed by atoms with E-state index in [1.807, 2.05) is 54.6 Å². The minimum absolute atomic E-state index is 0.208. The summed E-state index contributed by atoms with van der Waals surface area (Å²) >= 11 is 7.36. The molecule has 1 unspecified atom stereocenters. The number of nitrogens with zero attached hydrogens (tertiary/aromatic N) is 2. The summed E-state index contributed by atoms with van der Waals surface area (Å²) in [5.41, 5.74) is 2.49. The second-order valence-corrected chi connectivity index (χ2v) is 8.59. The van der Waals surface area contributed by atoms with Gasteiger partial charge in [-0.2, -0.15) is 0 Å². The van der Waals surface area contributed by atoms with Crippen LogP contribution in [0.3, 0.4) is 0 Å². The van der Waals surface area contributed by atoms with Gasteiger partial charge in [0.25, 0.3) is 5.56 Å². The zero-order valence-electron chi connectivity index (χ0n) is 17.6. The Labute approximate surface area is 194 Å². The van der Waals surface area contributed by atoms with Gasteiger partial charge < -0.3 is 4.74 Å². The summed E-state index contributed by atoms with van der Waals surface area (Å²) in [5.74, 6) is -0.480. The topological polar surface area (TPSA) is 60.7 Å². The standard InChI is InChI=1S/C25H21ClN2O3S/c1-3-31-24(30)21-16(2)27-25-28(22(21)18-12-14-19(26)15-13-18)23(29)20(32-25)11-7-10-17-8-5-4-6-9-17/h4-15,22H,3H2,1-2H3. The molecule has 4 rings (SSSR count). The maximum atomic E-state index is 13.4. The second kappa shape index (κ2) is 9.51. The Morgan fingerprint density at radius 2 is 1.91 bits per heavy atom. The fourth-order valence-corrected chi connectivity index (χ4v) is 4.70. The number of rotatable bonds is 5. The Morgan fingerprint density at radius 3 is 2.59 bits per heavy atom. The molecule has 2 aromatic carbocycles. The lowest BCUT2D eigenvalue weighted by Crippen LogP contribution is -2.39. The van der Waals surface area contributed by atoms with Crippen LogP contribution in [0.1, 0.15) is 31.0 Å². The van der Waals surface area contributed by atoms with Gasteiger partial charge in [0, 0.05) is 5.02 Å². The predicted molar refractivity (Wildman–Crippen MR) is 128 cm³/mol. The van der Waals surface area contributed by atoms with Crippen molar-refractivity contribution in [1.29, 1.82) is 0 Å². The summed E-state index contributed by atoms with van der Waals surface area (Å²) in [6.45, 7) is 3.75. The fourth-order valence-electron chi connectivity index (χ4n) is 3.58. The van der Waals surface area contributed by atoms with Crippen molar-refractivity contribution in [3.63, 3.8) is 0 Å². The largest absolute Gasteiger partial charge is 0.463 e. The van der Waals surface area contributed by atoms with Gasteiger partial charge in [0.15, 0.2) is 4.80 Å². The smallest absolute Gasteiger partial charge is 0.338 e. The first-order chi connectivity index (χ1) is 15.5. The lowest BCUT2D eigenvalue weighted by atomic mass is 9.96. The number of esters is 1. The number of carbonyl (C=O) groups excluding carboxylic acids is 1. The van der Waals surface area contributed by atoms with Crippen LogP contribution < -0.4 is 14.9 Å². The van der Waals surface area contributed by atoms with Gasteiger partial charge in [-0.3, -0.25) is 9.36 Å². The van der Waals surface area contributed by atoms with Crippen molar-refractivity contribution >= 4 is 41.1 Å². The molecule has 1 aromatic heterocycles. The quantitative estimate of drug-likeness (QED) is 0.534. The molecule has 1 aliphatic heterocycles. The molecule has 0 amide bonds. The predicted octanol–water partition coefficient (Wildman–Crippen LogP) is 4.12. The number of ether oxygens (including phenoxy) is 1. The Kier molecular flexibility index (Phi) is 6.53. The van der Waals surface area contributed by atoms with Crippen LogP contribution in [0.5, 0.6) is 0 Å². The van der Waals surface area contributed by atoms with E-state index < -0.39 is 12.0 Å². The van der Waals surface area contributed by atoms with Crippen molar-refractivity contribution in [1.82, 2.24) is 4.57 Å². The average Bonchev–Trinajstić information content (AvgIpc) is 3.09. The van der Waals surface area contributed by atoms with Gasteiger partial charge in [-0.15, -0.1) is 0 Å². The number of allylic oxidation sites excluding steroid dienone is 2. The molecule has 0 spiro atoms. The molecule has 0 radical (unpaired) electrons. The summed E-state index contributed by atoms with van der Waals surface area (Å²) in [6, 6.07) is 16.3. The van der Waals surface area contributed by atoms with Crippen LogP contribution in [0.15, 0.2) is 81.7 Å². The van der Waals surface area contributed by atoms with Crippen molar-refractivity contribution in [2.45, 2.75) is 19.9 Å². The molecule has 1 aliphatic rings. The number of hydrogen-bond acceptors (Lipinski definition) is 5. The Bertz CT molecular complexity index is 1380. The van der Waals surface area contributed by atoms with Crippen molar-refractivity contribution in [3.05, 3.63) is 108 Å². The third-order valence-electron chi connectivity index (χ3n) is 5.04. The summed E-state index contributed by atoms with van der Waals surface area (Å²) < 4.78 is 7.39. The van der Waals surface area contributed by atoms with Crippen LogP contribution in [-0.2, 0) is 9.53 Å². The van der Waals surface area contributed by atoms with Crippen LogP contribution in [0.4, 0.5) is 0 Å². The minimum Gasteiger partial charge on any atom is -0.463 e. The van der Waals surface area contributed by atoms with E-state index in [4.69, 9.17) is 16.3 Å². The number of hydrogen-bond donors (Lipinski definition) is 0. The number of benzene rings is 2. The molecule has 3 aromatic rings. The molecular weight excluding hydrogens is 444 g/mol. The van der Waals surface area contributed by atoms with Crippen molar-refractivity contribution in [2.75, 3.05) is 6.61 Å². The number of halogens is 1. The summed E-state index contributed by atoms with van der Waals surface area (Å²) in [7, 11) is 0. The normalized spacial score (nSPS) is 16.2. The van der Waals surface area contributed by atoms with Gasteiger partial charge in [0.2, 0.25) is 0 Å². The SMILES string of the molecule is CCOC(=O)C1=C(C)N=c2sc(=CC=Cc3ccccc3)c(=O)n2C1c1ccc(Cl)cc1. The van der Waals surface area contributed by atoms with E-state index in [9.17, 15) is 9.59 Å². The highest BCUT2D eigenvalue weighted by Gasteiger charge is 2.33. The highest BCUT2D eigenvalue weighted by atomic mass is 35.5. The molecule has 0 fully saturated rings. The lowest BCUT2D eigenvalue weighted by molar-refractivity contribution is -0.139. The third-order valence-corrected chi connectivity index (χ3v) is 6.29. The maximum Gasteiger partial charge on any atom is 0.338 e. The Morgan fingerprint density at radius 1 is 1.19 bits per heavy atom. The van der Waals surface area contributed by atoms with Crippen LogP contribution in [-0.4, -0.2) is 17.1 Å². The molecule has 0 saturated heterocycles. The molecule has 0 N–H and O–H groups in total. The van der Waals surface area contributed by atoms with E-state index in [-0.39, 0.29) is 12.2 Å². The van der Waals surface area contributed by atoms with E-state index in [2.05, 4.69) is 4.99 Å². The molecule has 5 nitrogen and oxygen atoms in total. The molecule has 7 heteroatoms. The van der Waals surface area contributed by atoms with Crippen LogP contribution in [0.2, 0.25) is 5.02 Å². The summed E-state index contributed by atoms with van der Waals surface area (Å²) in [4.78, 5) is 31.3. The van der Waals surface area contributed by atoms with E-state index in [0.29, 0.717) is 25.6 Å². The Balaban J connectivity index is 1.86. The summed E-state index contributed by atoms with van der Waals surface area (Å²) in [5, 5.41) is 0.575. The number of fused-ring (bicyclic) bond motifs is 1. The zero-order chi connectivity index (χ0) is 22.7. The molecule has 0 saturated carbocycles. The van der Waals surface area contributed by atoms with Crippen molar-refractivity contribution in [2.24, 2.45) is 4.99 Å². The van der Waals surface area contributed by atoms with Crippen molar-refractivity contribution < 1.29 is 9.53 Å². The first-order valence-electron chi connectivity index (χ1n) is 10.2. The summed E-state index contributed by atoms with van der Waals surface area (Å²) in [6.07, 6.45) is 5.56. The van der Waals surface area contributed by atoms with Gasteiger partial charge in [0.1, 0.15) is 0 Å². The first kappa shape index (κ1) is 22.0. The molecule has 0 bridgehead atoms. The number of thiazole rings is 1. The molecular formula is C25H21ClN2O3S.